The van der Waals surface area contributed by atoms with E-state index in [0.29, 0.717) is 22.3 Å². The molecule has 0 amide bonds. The Morgan fingerprint density at radius 3 is 2.47 bits per heavy atom. The van der Waals surface area contributed by atoms with Crippen LogP contribution < -0.4 is 16.0 Å². The number of H-pyrrole nitrogens is 1. The van der Waals surface area contributed by atoms with Gasteiger partial charge in [0.25, 0.3) is 5.56 Å². The lowest BCUT2D eigenvalue weighted by Gasteiger charge is -2.31. The van der Waals surface area contributed by atoms with Crippen LogP contribution in [0.1, 0.15) is 17.2 Å². The highest BCUT2D eigenvalue weighted by atomic mass is 16.5. The number of rotatable bonds is 1. The van der Waals surface area contributed by atoms with E-state index in [-0.39, 0.29) is 35.2 Å². The summed E-state index contributed by atoms with van der Waals surface area (Å²) in [7, 11) is 3.27. The van der Waals surface area contributed by atoms with Crippen molar-refractivity contribution in [3.8, 4) is 28.7 Å². The quantitative estimate of drug-likeness (QED) is 0.216. The Balaban J connectivity index is 0.000000180. The van der Waals surface area contributed by atoms with E-state index in [9.17, 15) is 35.1 Å². The molecular weight excluding hydrogens is 448 g/mol. The van der Waals surface area contributed by atoms with E-state index >= 15 is 0 Å². The SMILES string of the molecule is Cn1cnc2c1c(=O)[nH]c(=O)n2C.Oc1cc(O)c2c(c1)O[C@H](c1ccc(O)c(O)c1)[C@@H](O)C2. The van der Waals surface area contributed by atoms with Gasteiger partial charge in [-0.25, -0.2) is 9.78 Å². The monoisotopic (exact) mass is 470 g/mol. The highest BCUT2D eigenvalue weighted by Gasteiger charge is 2.32. The van der Waals surface area contributed by atoms with Crippen molar-refractivity contribution < 1.29 is 30.3 Å². The number of phenols is 4. The van der Waals surface area contributed by atoms with Gasteiger partial charge in [-0.1, -0.05) is 6.07 Å². The minimum atomic E-state index is -0.933. The number of nitrogens with zero attached hydrogens (tertiary/aromatic N) is 3. The third kappa shape index (κ3) is 4.01. The molecule has 6 N–H and O–H groups in total. The molecule has 0 aliphatic carbocycles. The first kappa shape index (κ1) is 22.7. The Hall–Kier alpha value is -4.45. The second kappa shape index (κ2) is 8.48. The van der Waals surface area contributed by atoms with Crippen LogP contribution in [0.3, 0.4) is 0 Å². The van der Waals surface area contributed by atoms with Crippen molar-refractivity contribution in [1.29, 1.82) is 0 Å². The second-order valence-corrected chi connectivity index (χ2v) is 7.85. The molecule has 0 fully saturated rings. The zero-order valence-electron chi connectivity index (χ0n) is 18.1. The van der Waals surface area contributed by atoms with E-state index in [1.54, 1.807) is 18.7 Å². The summed E-state index contributed by atoms with van der Waals surface area (Å²) in [6.07, 6.45) is -0.0605. The molecule has 5 rings (SSSR count). The van der Waals surface area contributed by atoms with Gasteiger partial charge in [0.2, 0.25) is 0 Å². The third-order valence-corrected chi connectivity index (χ3v) is 5.49. The standard InChI is InChI=1S/C15H14O6.C7H8N4O2/c16-8-4-11(18)9-6-13(20)15(21-14(9)5-8)7-1-2-10(17)12(19)3-7;1-10-3-8-5-4(10)6(12)9-7(13)11(5)2/h1-5,13,15-20H,6H2;3H,1-2H3,(H,9,12,13)/t13-,15+;/m0./s1. The fourth-order valence-electron chi connectivity index (χ4n) is 3.73. The molecule has 0 bridgehead atoms. The van der Waals surface area contributed by atoms with Gasteiger partial charge < -0.3 is 34.8 Å². The number of ether oxygens (including phenoxy) is 1. The van der Waals surface area contributed by atoms with Crippen LogP contribution in [0, 0.1) is 0 Å². The minimum Gasteiger partial charge on any atom is -0.508 e. The highest BCUT2D eigenvalue weighted by molar-refractivity contribution is 5.69. The van der Waals surface area contributed by atoms with Crippen molar-refractivity contribution in [3.63, 3.8) is 0 Å². The Morgan fingerprint density at radius 1 is 1.03 bits per heavy atom. The number of aromatic amines is 1. The van der Waals surface area contributed by atoms with Gasteiger partial charge in [-0.15, -0.1) is 0 Å². The first-order chi connectivity index (χ1) is 16.1. The molecule has 3 heterocycles. The van der Waals surface area contributed by atoms with Crippen molar-refractivity contribution in [2.45, 2.75) is 18.6 Å². The van der Waals surface area contributed by atoms with Crippen LogP contribution in [0.15, 0.2) is 46.2 Å². The molecule has 2 aromatic carbocycles. The molecule has 1 aliphatic heterocycles. The van der Waals surface area contributed by atoms with Gasteiger partial charge in [-0.05, 0) is 17.7 Å². The van der Waals surface area contributed by atoms with Gasteiger partial charge in [0.1, 0.15) is 23.4 Å². The predicted octanol–water partition coefficient (Wildman–Crippen LogP) is 0.506. The smallest absolute Gasteiger partial charge is 0.329 e. The van der Waals surface area contributed by atoms with Gasteiger partial charge in [-0.2, -0.15) is 0 Å². The van der Waals surface area contributed by atoms with Crippen LogP contribution >= 0.6 is 0 Å². The Morgan fingerprint density at radius 2 is 1.76 bits per heavy atom. The van der Waals surface area contributed by atoms with E-state index in [0.717, 1.165) is 0 Å². The van der Waals surface area contributed by atoms with E-state index < -0.39 is 23.5 Å². The third-order valence-electron chi connectivity index (χ3n) is 5.49. The van der Waals surface area contributed by atoms with E-state index in [4.69, 9.17) is 4.74 Å². The molecule has 12 heteroatoms. The Bertz CT molecular complexity index is 1500. The molecule has 0 radical (unpaired) electrons. The number of aromatic hydroxyl groups is 4. The number of hydrogen-bond acceptors (Lipinski definition) is 9. The van der Waals surface area contributed by atoms with Gasteiger partial charge in [-0.3, -0.25) is 14.3 Å². The second-order valence-electron chi connectivity index (χ2n) is 7.85. The largest absolute Gasteiger partial charge is 0.508 e. The normalized spacial score (nSPS) is 16.9. The average Bonchev–Trinajstić information content (AvgIpc) is 3.17. The maximum atomic E-state index is 11.3. The molecule has 0 spiro atoms. The van der Waals surface area contributed by atoms with E-state index in [2.05, 4.69) is 9.97 Å². The number of phenolic OH excluding ortho intramolecular Hbond substituents is 4. The summed E-state index contributed by atoms with van der Waals surface area (Å²) in [5, 5.41) is 48.3. The fraction of sp³-hybridized carbons (Fsp3) is 0.227. The summed E-state index contributed by atoms with van der Waals surface area (Å²) in [4.78, 5) is 28.6. The zero-order valence-corrected chi connectivity index (χ0v) is 18.1. The van der Waals surface area contributed by atoms with Gasteiger partial charge in [0.05, 0.1) is 12.4 Å². The molecule has 12 nitrogen and oxygen atoms in total. The van der Waals surface area contributed by atoms with Crippen molar-refractivity contribution in [2.24, 2.45) is 14.1 Å². The number of aryl methyl sites for hydroxylation is 2. The number of imidazole rings is 1. The van der Waals surface area contributed by atoms with Crippen molar-refractivity contribution in [1.82, 2.24) is 19.1 Å². The number of benzene rings is 2. The van der Waals surface area contributed by atoms with Gasteiger partial charge in [0, 0.05) is 38.2 Å². The lowest BCUT2D eigenvalue weighted by atomic mass is 9.94. The topological polar surface area (TPSA) is 183 Å². The van der Waals surface area contributed by atoms with Crippen molar-refractivity contribution in [3.05, 3.63) is 68.6 Å². The van der Waals surface area contributed by atoms with Crippen LogP contribution in [0.4, 0.5) is 0 Å². The maximum Gasteiger partial charge on any atom is 0.329 e. The molecular formula is C22H22N4O8. The first-order valence-electron chi connectivity index (χ1n) is 10.1. The Labute approximate surface area is 191 Å². The lowest BCUT2D eigenvalue weighted by Crippen LogP contribution is -2.30. The summed E-state index contributed by atoms with van der Waals surface area (Å²) >= 11 is 0. The number of aliphatic hydroxyl groups excluding tert-OH is 1. The number of hydrogen-bond donors (Lipinski definition) is 6. The minimum absolute atomic E-state index is 0.143. The molecule has 1 aliphatic rings. The average molecular weight is 470 g/mol. The van der Waals surface area contributed by atoms with E-state index in [1.807, 2.05) is 0 Å². The summed E-state index contributed by atoms with van der Waals surface area (Å²) in [5.41, 5.74) is 0.846. The van der Waals surface area contributed by atoms with Crippen LogP contribution in [-0.2, 0) is 20.5 Å². The number of nitrogens with one attached hydrogen (secondary N) is 1. The molecule has 2 aromatic heterocycles. The highest BCUT2D eigenvalue weighted by Crippen LogP contribution is 2.42. The zero-order chi connectivity index (χ0) is 24.7. The number of fused-ring (bicyclic) bond motifs is 2. The van der Waals surface area contributed by atoms with E-state index in [1.165, 1.54) is 41.2 Å². The molecule has 0 saturated carbocycles. The molecule has 0 unspecified atom stereocenters. The maximum absolute atomic E-state index is 11.3. The molecule has 4 aromatic rings. The van der Waals surface area contributed by atoms with Crippen LogP contribution in [0.5, 0.6) is 28.7 Å². The molecule has 34 heavy (non-hydrogen) atoms. The molecule has 178 valence electrons. The lowest BCUT2D eigenvalue weighted by molar-refractivity contribution is 0.0197. The fourth-order valence-corrected chi connectivity index (χ4v) is 3.73. The molecule has 2 atom stereocenters. The summed E-state index contributed by atoms with van der Waals surface area (Å²) in [6, 6.07) is 6.67. The number of aromatic nitrogens is 4. The van der Waals surface area contributed by atoms with Crippen LogP contribution in [0.2, 0.25) is 0 Å². The summed E-state index contributed by atoms with van der Waals surface area (Å²) < 4.78 is 8.50. The van der Waals surface area contributed by atoms with Crippen molar-refractivity contribution >= 4 is 11.2 Å². The Kier molecular flexibility index (Phi) is 5.67. The van der Waals surface area contributed by atoms with Gasteiger partial charge >= 0.3 is 5.69 Å². The van der Waals surface area contributed by atoms with Crippen LogP contribution in [-0.4, -0.2) is 50.7 Å². The molecule has 0 saturated heterocycles. The number of aliphatic hydroxyl groups is 1. The summed E-state index contributed by atoms with van der Waals surface area (Å²) in [5.74, 6) is -0.589. The predicted molar refractivity (Wildman–Crippen MR) is 119 cm³/mol. The van der Waals surface area contributed by atoms with Crippen molar-refractivity contribution in [2.75, 3.05) is 0 Å². The first-order valence-corrected chi connectivity index (χ1v) is 10.1. The van der Waals surface area contributed by atoms with Crippen LogP contribution in [0.25, 0.3) is 11.2 Å². The summed E-state index contributed by atoms with van der Waals surface area (Å²) in [6.45, 7) is 0. The van der Waals surface area contributed by atoms with Gasteiger partial charge in [0.15, 0.2) is 22.7 Å².